The fourth-order valence-corrected chi connectivity index (χ4v) is 1.65. The minimum absolute atomic E-state index is 0.325. The lowest BCUT2D eigenvalue weighted by molar-refractivity contribution is 0.242. The van der Waals surface area contributed by atoms with Gasteiger partial charge < -0.3 is 10.5 Å². The van der Waals surface area contributed by atoms with E-state index in [0.717, 1.165) is 12.8 Å². The highest BCUT2D eigenvalue weighted by atomic mass is 32.1. The molecule has 0 saturated carbocycles. The second kappa shape index (κ2) is 6.43. The number of aromatic nitrogens is 1. The number of hydrogen-bond acceptors (Lipinski definition) is 3. The third-order valence-corrected chi connectivity index (χ3v) is 2.54. The zero-order valence-corrected chi connectivity index (χ0v) is 10.6. The predicted molar refractivity (Wildman–Crippen MR) is 69.7 cm³/mol. The Morgan fingerprint density at radius 2 is 2.38 bits per heavy atom. The minimum Gasteiger partial charge on any atom is -0.477 e. The van der Waals surface area contributed by atoms with E-state index in [4.69, 9.17) is 22.7 Å². The molecular weight excluding hydrogens is 220 g/mol. The topological polar surface area (TPSA) is 48.1 Å². The zero-order chi connectivity index (χ0) is 12.0. The fourth-order valence-electron chi connectivity index (χ4n) is 1.49. The van der Waals surface area contributed by atoms with E-state index in [1.165, 1.54) is 0 Å². The summed E-state index contributed by atoms with van der Waals surface area (Å²) in [6.07, 6.45) is 3.99. The van der Waals surface area contributed by atoms with Crippen LogP contribution < -0.4 is 10.5 Å². The average Bonchev–Trinajstić information content (AvgIpc) is 2.27. The molecule has 0 radical (unpaired) electrons. The van der Waals surface area contributed by atoms with Gasteiger partial charge in [-0.1, -0.05) is 32.5 Å². The van der Waals surface area contributed by atoms with Crippen LogP contribution in [0.1, 0.15) is 32.3 Å². The van der Waals surface area contributed by atoms with Crippen LogP contribution in [0.5, 0.6) is 5.88 Å². The Morgan fingerprint density at radius 1 is 1.62 bits per heavy atom. The quantitative estimate of drug-likeness (QED) is 0.774. The fraction of sp³-hybridized carbons (Fsp3) is 0.500. The standard InChI is InChI=1S/C12H18N2OS/c1-3-5-9(2)8-15-12-10(11(13)16)6-4-7-14-12/h4,6-7,9H,3,5,8H2,1-2H3,(H2,13,16). The van der Waals surface area contributed by atoms with Crippen LogP contribution in [-0.4, -0.2) is 16.6 Å². The maximum atomic E-state index is 5.63. The molecule has 1 aromatic heterocycles. The van der Waals surface area contributed by atoms with Crippen molar-refractivity contribution in [2.75, 3.05) is 6.61 Å². The Balaban J connectivity index is 2.63. The van der Waals surface area contributed by atoms with Crippen molar-refractivity contribution in [3.8, 4) is 5.88 Å². The van der Waals surface area contributed by atoms with Gasteiger partial charge in [0.25, 0.3) is 0 Å². The van der Waals surface area contributed by atoms with Gasteiger partial charge in [0.2, 0.25) is 5.88 Å². The summed E-state index contributed by atoms with van der Waals surface area (Å²) >= 11 is 4.94. The van der Waals surface area contributed by atoms with Crippen molar-refractivity contribution in [1.29, 1.82) is 0 Å². The summed E-state index contributed by atoms with van der Waals surface area (Å²) in [5.41, 5.74) is 6.30. The maximum Gasteiger partial charge on any atom is 0.223 e. The highest BCUT2D eigenvalue weighted by Gasteiger charge is 2.08. The number of nitrogens with zero attached hydrogens (tertiary/aromatic N) is 1. The molecule has 1 unspecified atom stereocenters. The molecule has 0 fully saturated rings. The summed E-state index contributed by atoms with van der Waals surface area (Å²) in [5.74, 6) is 1.06. The molecule has 0 spiro atoms. The van der Waals surface area contributed by atoms with E-state index >= 15 is 0 Å². The summed E-state index contributed by atoms with van der Waals surface area (Å²) in [6.45, 7) is 4.98. The molecule has 0 bridgehead atoms. The van der Waals surface area contributed by atoms with E-state index in [0.29, 0.717) is 29.0 Å². The largest absolute Gasteiger partial charge is 0.477 e. The molecule has 2 N–H and O–H groups in total. The van der Waals surface area contributed by atoms with Crippen LogP contribution in [0, 0.1) is 5.92 Å². The molecule has 0 aliphatic carbocycles. The van der Waals surface area contributed by atoms with Gasteiger partial charge in [0.05, 0.1) is 12.2 Å². The van der Waals surface area contributed by atoms with E-state index in [1.54, 1.807) is 12.3 Å². The normalized spacial score (nSPS) is 12.1. The van der Waals surface area contributed by atoms with Crippen LogP contribution in [0.15, 0.2) is 18.3 Å². The lowest BCUT2D eigenvalue weighted by atomic mass is 10.1. The number of pyridine rings is 1. The number of hydrogen-bond donors (Lipinski definition) is 1. The van der Waals surface area contributed by atoms with Crippen molar-refractivity contribution in [3.05, 3.63) is 23.9 Å². The Kier molecular flexibility index (Phi) is 5.19. The van der Waals surface area contributed by atoms with Gasteiger partial charge in [-0.05, 0) is 24.5 Å². The summed E-state index contributed by atoms with van der Waals surface area (Å²) in [7, 11) is 0. The van der Waals surface area contributed by atoms with Gasteiger partial charge in [-0.25, -0.2) is 4.98 Å². The van der Waals surface area contributed by atoms with Gasteiger partial charge in [-0.2, -0.15) is 0 Å². The SMILES string of the molecule is CCCC(C)COc1ncccc1C(N)=S. The Labute approximate surface area is 102 Å². The highest BCUT2D eigenvalue weighted by Crippen LogP contribution is 2.16. The zero-order valence-electron chi connectivity index (χ0n) is 9.77. The molecule has 1 aromatic rings. The van der Waals surface area contributed by atoms with Crippen molar-refractivity contribution in [2.45, 2.75) is 26.7 Å². The first-order valence-corrected chi connectivity index (χ1v) is 5.93. The van der Waals surface area contributed by atoms with Gasteiger partial charge >= 0.3 is 0 Å². The maximum absolute atomic E-state index is 5.63. The van der Waals surface area contributed by atoms with Gasteiger partial charge in [-0.15, -0.1) is 0 Å². The second-order valence-electron chi connectivity index (χ2n) is 3.93. The third kappa shape index (κ3) is 3.77. The van der Waals surface area contributed by atoms with Gasteiger partial charge in [0.1, 0.15) is 4.99 Å². The van der Waals surface area contributed by atoms with Crippen LogP contribution in [0.25, 0.3) is 0 Å². The molecule has 4 heteroatoms. The van der Waals surface area contributed by atoms with Crippen molar-refractivity contribution >= 4 is 17.2 Å². The molecule has 16 heavy (non-hydrogen) atoms. The van der Waals surface area contributed by atoms with Crippen LogP contribution >= 0.6 is 12.2 Å². The molecule has 3 nitrogen and oxygen atoms in total. The first-order chi connectivity index (χ1) is 7.65. The number of ether oxygens (including phenoxy) is 1. The smallest absolute Gasteiger partial charge is 0.223 e. The molecular formula is C12H18N2OS. The summed E-state index contributed by atoms with van der Waals surface area (Å²) < 4.78 is 5.63. The van der Waals surface area contributed by atoms with Crippen molar-refractivity contribution in [2.24, 2.45) is 11.7 Å². The number of thiocarbonyl (C=S) groups is 1. The molecule has 88 valence electrons. The molecule has 0 aromatic carbocycles. The monoisotopic (exact) mass is 238 g/mol. The number of rotatable bonds is 6. The number of nitrogens with two attached hydrogens (primary N) is 1. The van der Waals surface area contributed by atoms with Gasteiger partial charge in [-0.3, -0.25) is 0 Å². The molecule has 1 atom stereocenters. The molecule has 1 heterocycles. The van der Waals surface area contributed by atoms with Gasteiger partial charge in [0.15, 0.2) is 0 Å². The molecule has 0 aliphatic rings. The lowest BCUT2D eigenvalue weighted by Crippen LogP contribution is -2.15. The van der Waals surface area contributed by atoms with E-state index in [1.807, 2.05) is 6.07 Å². The van der Waals surface area contributed by atoms with Crippen molar-refractivity contribution < 1.29 is 4.74 Å². The van der Waals surface area contributed by atoms with E-state index in [9.17, 15) is 0 Å². The highest BCUT2D eigenvalue weighted by molar-refractivity contribution is 7.80. The average molecular weight is 238 g/mol. The second-order valence-corrected chi connectivity index (χ2v) is 4.37. The van der Waals surface area contributed by atoms with Crippen LogP contribution in [-0.2, 0) is 0 Å². The van der Waals surface area contributed by atoms with E-state index in [-0.39, 0.29) is 0 Å². The Hall–Kier alpha value is -1.16. The van der Waals surface area contributed by atoms with Crippen LogP contribution in [0.4, 0.5) is 0 Å². The molecule has 0 amide bonds. The van der Waals surface area contributed by atoms with Crippen LogP contribution in [0.2, 0.25) is 0 Å². The first kappa shape index (κ1) is 12.9. The lowest BCUT2D eigenvalue weighted by Gasteiger charge is -2.13. The van der Waals surface area contributed by atoms with Crippen LogP contribution in [0.3, 0.4) is 0 Å². The predicted octanol–water partition coefficient (Wildman–Crippen LogP) is 2.53. The van der Waals surface area contributed by atoms with E-state index < -0.39 is 0 Å². The van der Waals surface area contributed by atoms with E-state index in [2.05, 4.69) is 18.8 Å². The van der Waals surface area contributed by atoms with Crippen molar-refractivity contribution in [3.63, 3.8) is 0 Å². The summed E-state index contributed by atoms with van der Waals surface area (Å²) in [4.78, 5) is 4.47. The Bertz CT molecular complexity index is 355. The first-order valence-electron chi connectivity index (χ1n) is 5.52. The Morgan fingerprint density at radius 3 is 3.00 bits per heavy atom. The minimum atomic E-state index is 0.325. The van der Waals surface area contributed by atoms with Crippen molar-refractivity contribution in [1.82, 2.24) is 4.98 Å². The third-order valence-electron chi connectivity index (χ3n) is 2.32. The molecule has 0 saturated heterocycles. The molecule has 1 rings (SSSR count). The molecule has 0 aliphatic heterocycles. The van der Waals surface area contributed by atoms with Gasteiger partial charge in [0, 0.05) is 6.20 Å². The summed E-state index contributed by atoms with van der Waals surface area (Å²) in [6, 6.07) is 3.63. The summed E-state index contributed by atoms with van der Waals surface area (Å²) in [5, 5.41) is 0.